The number of likely N-dealkylation sites (tertiary alicyclic amines) is 1. The van der Waals surface area contributed by atoms with E-state index >= 15 is 0 Å². The quantitative estimate of drug-likeness (QED) is 0.627. The van der Waals surface area contributed by atoms with Crippen molar-refractivity contribution in [2.24, 2.45) is 0 Å². The second-order valence-electron chi connectivity index (χ2n) is 2.90. The Morgan fingerprint density at radius 1 is 1.20 bits per heavy atom. The van der Waals surface area contributed by atoms with Crippen LogP contribution < -0.4 is 5.32 Å². The van der Waals surface area contributed by atoms with E-state index in [4.69, 9.17) is 0 Å². The maximum absolute atomic E-state index is 3.59. The van der Waals surface area contributed by atoms with Crippen LogP contribution in [0.4, 0.5) is 0 Å². The summed E-state index contributed by atoms with van der Waals surface area (Å²) in [7, 11) is 3.59. The van der Waals surface area contributed by atoms with Crippen molar-refractivity contribution in [3.63, 3.8) is 0 Å². The van der Waals surface area contributed by atoms with E-state index in [9.17, 15) is 0 Å². The lowest BCUT2D eigenvalue weighted by atomic mass is 10.1. The topological polar surface area (TPSA) is 15.3 Å². The van der Waals surface area contributed by atoms with Gasteiger partial charge in [-0.05, 0) is 25.9 Å². The lowest BCUT2D eigenvalue weighted by Crippen LogP contribution is -2.34. The summed E-state index contributed by atoms with van der Waals surface area (Å²) >= 11 is 0. The van der Waals surface area contributed by atoms with Crippen LogP contribution in [0.3, 0.4) is 0 Å². The first kappa shape index (κ1) is 8.02. The Balaban J connectivity index is 2.02. The molecule has 0 aliphatic carbocycles. The van der Waals surface area contributed by atoms with Crippen molar-refractivity contribution in [2.75, 3.05) is 26.2 Å². The average molecular weight is 141 g/mol. The normalized spacial score (nSPS) is 21.3. The van der Waals surface area contributed by atoms with Gasteiger partial charge >= 0.3 is 0 Å². The maximum atomic E-state index is 3.59. The molecule has 0 aromatic heterocycles. The summed E-state index contributed by atoms with van der Waals surface area (Å²) in [5, 5.41) is 2.92. The van der Waals surface area contributed by atoms with Crippen molar-refractivity contribution < 1.29 is 0 Å². The van der Waals surface area contributed by atoms with Crippen LogP contribution in [-0.2, 0) is 0 Å². The summed E-state index contributed by atoms with van der Waals surface area (Å²) in [6.07, 6.45) is 4.20. The van der Waals surface area contributed by atoms with E-state index in [1.807, 2.05) is 0 Å². The Labute approximate surface area is 63.6 Å². The standard InChI is InChI=1S/C8H17N2/c1-9-5-8-10-6-3-2-4-7-10/h9H,1-8H2. The van der Waals surface area contributed by atoms with Crippen LogP contribution in [0.1, 0.15) is 19.3 Å². The largest absolute Gasteiger partial charge is 0.314 e. The fourth-order valence-corrected chi connectivity index (χ4v) is 1.42. The van der Waals surface area contributed by atoms with Gasteiger partial charge in [-0.15, -0.1) is 0 Å². The molecule has 59 valence electrons. The molecular weight excluding hydrogens is 124 g/mol. The summed E-state index contributed by atoms with van der Waals surface area (Å²) in [4.78, 5) is 2.50. The highest BCUT2D eigenvalue weighted by molar-refractivity contribution is 4.64. The van der Waals surface area contributed by atoms with Crippen molar-refractivity contribution in [2.45, 2.75) is 19.3 Å². The predicted octanol–water partition coefficient (Wildman–Crippen LogP) is 0.853. The summed E-state index contributed by atoms with van der Waals surface area (Å²) < 4.78 is 0. The van der Waals surface area contributed by atoms with Gasteiger partial charge in [-0.3, -0.25) is 0 Å². The fraction of sp³-hybridized carbons (Fsp3) is 0.875. The molecule has 0 unspecified atom stereocenters. The molecule has 0 saturated carbocycles. The van der Waals surface area contributed by atoms with Crippen molar-refractivity contribution in [3.05, 3.63) is 7.05 Å². The fourth-order valence-electron chi connectivity index (χ4n) is 1.42. The van der Waals surface area contributed by atoms with Gasteiger partial charge in [0, 0.05) is 20.1 Å². The molecule has 0 amide bonds. The van der Waals surface area contributed by atoms with E-state index in [0.717, 1.165) is 6.54 Å². The Morgan fingerprint density at radius 2 is 1.90 bits per heavy atom. The average Bonchev–Trinajstić information content (AvgIpc) is 2.03. The van der Waals surface area contributed by atoms with E-state index in [2.05, 4.69) is 17.3 Å². The number of hydrogen-bond acceptors (Lipinski definition) is 2. The lowest BCUT2D eigenvalue weighted by Gasteiger charge is -2.25. The first-order valence-corrected chi connectivity index (χ1v) is 4.16. The zero-order valence-corrected chi connectivity index (χ0v) is 6.60. The molecule has 1 saturated heterocycles. The Hall–Kier alpha value is -0.0800. The molecular formula is C8H17N2. The van der Waals surface area contributed by atoms with E-state index in [1.165, 1.54) is 38.9 Å². The minimum absolute atomic E-state index is 1.03. The number of nitrogens with one attached hydrogen (secondary N) is 1. The Kier molecular flexibility index (Phi) is 3.76. The number of hydrogen-bond donors (Lipinski definition) is 1. The van der Waals surface area contributed by atoms with Gasteiger partial charge in [0.05, 0.1) is 0 Å². The molecule has 1 radical (unpaired) electrons. The van der Waals surface area contributed by atoms with Crippen LogP contribution >= 0.6 is 0 Å². The minimum atomic E-state index is 1.03. The molecule has 2 nitrogen and oxygen atoms in total. The number of rotatable bonds is 3. The van der Waals surface area contributed by atoms with Gasteiger partial charge in [-0.25, -0.2) is 0 Å². The smallest absolute Gasteiger partial charge is 0.0107 e. The minimum Gasteiger partial charge on any atom is -0.314 e. The summed E-state index contributed by atoms with van der Waals surface area (Å²) in [6.45, 7) is 4.78. The third kappa shape index (κ3) is 2.67. The molecule has 1 rings (SSSR count). The zero-order chi connectivity index (χ0) is 7.23. The molecule has 0 atom stereocenters. The molecule has 0 spiro atoms. The van der Waals surface area contributed by atoms with Gasteiger partial charge in [0.15, 0.2) is 0 Å². The summed E-state index contributed by atoms with van der Waals surface area (Å²) in [5.74, 6) is 0. The van der Waals surface area contributed by atoms with Crippen LogP contribution in [0, 0.1) is 7.05 Å². The molecule has 10 heavy (non-hydrogen) atoms. The molecule has 1 aliphatic rings. The highest BCUT2D eigenvalue weighted by Crippen LogP contribution is 2.06. The van der Waals surface area contributed by atoms with Crippen LogP contribution in [-0.4, -0.2) is 31.1 Å². The van der Waals surface area contributed by atoms with E-state index in [1.54, 1.807) is 0 Å². The van der Waals surface area contributed by atoms with E-state index < -0.39 is 0 Å². The third-order valence-corrected chi connectivity index (χ3v) is 2.05. The number of nitrogens with zero attached hydrogens (tertiary/aromatic N) is 1. The lowest BCUT2D eigenvalue weighted by molar-refractivity contribution is 0.231. The highest BCUT2D eigenvalue weighted by atomic mass is 15.1. The van der Waals surface area contributed by atoms with E-state index in [0.29, 0.717) is 0 Å². The first-order chi connectivity index (χ1) is 4.93. The van der Waals surface area contributed by atoms with Crippen molar-refractivity contribution >= 4 is 0 Å². The summed E-state index contributed by atoms with van der Waals surface area (Å²) in [6, 6.07) is 0. The summed E-state index contributed by atoms with van der Waals surface area (Å²) in [5.41, 5.74) is 0. The van der Waals surface area contributed by atoms with Crippen LogP contribution in [0.5, 0.6) is 0 Å². The molecule has 1 heterocycles. The second-order valence-corrected chi connectivity index (χ2v) is 2.90. The number of piperidine rings is 1. The molecule has 0 bridgehead atoms. The van der Waals surface area contributed by atoms with Crippen molar-refractivity contribution in [3.8, 4) is 0 Å². The SMILES string of the molecule is [CH2]NCCN1CCCCC1. The third-order valence-electron chi connectivity index (χ3n) is 2.05. The second kappa shape index (κ2) is 4.69. The van der Waals surface area contributed by atoms with Gasteiger partial charge in [0.2, 0.25) is 0 Å². The van der Waals surface area contributed by atoms with Gasteiger partial charge in [0.25, 0.3) is 0 Å². The van der Waals surface area contributed by atoms with E-state index in [-0.39, 0.29) is 0 Å². The molecule has 1 aliphatic heterocycles. The molecule has 2 heteroatoms. The van der Waals surface area contributed by atoms with Crippen LogP contribution in [0.15, 0.2) is 0 Å². The Morgan fingerprint density at radius 3 is 2.50 bits per heavy atom. The van der Waals surface area contributed by atoms with Gasteiger partial charge < -0.3 is 10.2 Å². The van der Waals surface area contributed by atoms with Crippen LogP contribution in [0.25, 0.3) is 0 Å². The van der Waals surface area contributed by atoms with Crippen LogP contribution in [0.2, 0.25) is 0 Å². The molecule has 0 aromatic rings. The Bertz CT molecular complexity index is 77.3. The van der Waals surface area contributed by atoms with Gasteiger partial charge in [0.1, 0.15) is 0 Å². The predicted molar refractivity (Wildman–Crippen MR) is 43.7 cm³/mol. The first-order valence-electron chi connectivity index (χ1n) is 4.16. The zero-order valence-electron chi connectivity index (χ0n) is 6.60. The monoisotopic (exact) mass is 141 g/mol. The molecule has 1 fully saturated rings. The highest BCUT2D eigenvalue weighted by Gasteiger charge is 2.07. The molecule has 0 aromatic carbocycles. The van der Waals surface area contributed by atoms with Crippen molar-refractivity contribution in [1.82, 2.24) is 10.2 Å². The van der Waals surface area contributed by atoms with Gasteiger partial charge in [-0.1, -0.05) is 6.42 Å². The van der Waals surface area contributed by atoms with Gasteiger partial charge in [-0.2, -0.15) is 0 Å². The molecule has 1 N–H and O–H groups in total. The maximum Gasteiger partial charge on any atom is 0.0107 e. The van der Waals surface area contributed by atoms with Crippen molar-refractivity contribution in [1.29, 1.82) is 0 Å².